The Morgan fingerprint density at radius 1 is 1.13 bits per heavy atom. The molecule has 1 aliphatic heterocycles. The summed E-state index contributed by atoms with van der Waals surface area (Å²) < 4.78 is 5.33. The van der Waals surface area contributed by atoms with Gasteiger partial charge >= 0.3 is 0 Å². The third-order valence-electron chi connectivity index (χ3n) is 5.95. The van der Waals surface area contributed by atoms with Gasteiger partial charge in [-0.3, -0.25) is 9.69 Å². The second-order valence-corrected chi connectivity index (χ2v) is 8.78. The number of amides is 1. The second-order valence-electron chi connectivity index (χ2n) is 8.78. The van der Waals surface area contributed by atoms with Gasteiger partial charge in [0.25, 0.3) is 11.6 Å². The van der Waals surface area contributed by atoms with Crippen LogP contribution in [0.4, 0.5) is 0 Å². The fourth-order valence-electron chi connectivity index (χ4n) is 3.89. The van der Waals surface area contributed by atoms with E-state index in [0.29, 0.717) is 28.9 Å². The summed E-state index contributed by atoms with van der Waals surface area (Å²) in [6, 6.07) is 10.4. The van der Waals surface area contributed by atoms with E-state index < -0.39 is 0 Å². The Kier molecular flexibility index (Phi) is 6.34. The number of aromatic nitrogens is 2. The predicted molar refractivity (Wildman–Crippen MR) is 121 cm³/mol. The zero-order valence-corrected chi connectivity index (χ0v) is 18.8. The van der Waals surface area contributed by atoms with Gasteiger partial charge in [-0.1, -0.05) is 43.3 Å². The van der Waals surface area contributed by atoms with Gasteiger partial charge in [-0.2, -0.15) is 0 Å². The van der Waals surface area contributed by atoms with Crippen molar-refractivity contribution >= 4 is 17.0 Å². The number of benzene rings is 1. The Bertz CT molecular complexity index is 1050. The zero-order chi connectivity index (χ0) is 22.0. The van der Waals surface area contributed by atoms with Gasteiger partial charge in [-0.05, 0) is 37.1 Å². The molecule has 7 nitrogen and oxygen atoms in total. The smallest absolute Gasteiger partial charge is 0.259 e. The van der Waals surface area contributed by atoms with Crippen LogP contribution in [-0.4, -0.2) is 59.1 Å². The van der Waals surface area contributed by atoms with E-state index in [0.717, 1.165) is 44.0 Å². The molecule has 3 aromatic rings. The molecule has 1 saturated heterocycles. The summed E-state index contributed by atoms with van der Waals surface area (Å²) in [5.41, 5.74) is 4.86. The molecule has 1 N–H and O–H groups in total. The maximum Gasteiger partial charge on any atom is 0.259 e. The normalized spacial score (nSPS) is 15.6. The first-order chi connectivity index (χ1) is 14.9. The van der Waals surface area contributed by atoms with Crippen LogP contribution in [0.3, 0.4) is 0 Å². The lowest BCUT2D eigenvalue weighted by atomic mass is 10.0. The van der Waals surface area contributed by atoms with Gasteiger partial charge in [0.2, 0.25) is 0 Å². The zero-order valence-electron chi connectivity index (χ0n) is 18.8. The highest BCUT2D eigenvalue weighted by molar-refractivity contribution is 6.06. The van der Waals surface area contributed by atoms with Gasteiger partial charge in [0.05, 0.1) is 16.6 Å². The molecule has 0 aliphatic carbocycles. The number of aryl methyl sites for hydroxylation is 1. The molecule has 0 atom stereocenters. The van der Waals surface area contributed by atoms with E-state index in [2.05, 4.69) is 56.6 Å². The van der Waals surface area contributed by atoms with Crippen molar-refractivity contribution in [1.82, 2.24) is 25.3 Å². The van der Waals surface area contributed by atoms with Crippen LogP contribution in [0.5, 0.6) is 0 Å². The van der Waals surface area contributed by atoms with Gasteiger partial charge in [0, 0.05) is 45.0 Å². The number of likely N-dealkylation sites (N-methyl/N-ethyl adjacent to an activating group) is 1. The molecule has 3 heterocycles. The van der Waals surface area contributed by atoms with Crippen molar-refractivity contribution in [2.45, 2.75) is 39.8 Å². The van der Waals surface area contributed by atoms with Crippen LogP contribution >= 0.6 is 0 Å². The number of pyridine rings is 1. The Labute approximate surface area is 183 Å². The minimum atomic E-state index is -0.137. The molecular weight excluding hydrogens is 390 g/mol. The summed E-state index contributed by atoms with van der Waals surface area (Å²) in [5, 5.41) is 7.72. The van der Waals surface area contributed by atoms with Crippen molar-refractivity contribution in [2.75, 3.05) is 33.2 Å². The first kappa shape index (κ1) is 21.5. The van der Waals surface area contributed by atoms with E-state index in [4.69, 9.17) is 4.52 Å². The SMILES string of the molecule is Cc1noc2nc(C(C)C)cc(C(=O)NCc3ccc(CN4CCN(C)CC4)cc3)c12. The van der Waals surface area contributed by atoms with Crippen molar-refractivity contribution in [1.29, 1.82) is 0 Å². The Morgan fingerprint density at radius 2 is 1.81 bits per heavy atom. The van der Waals surface area contributed by atoms with Crippen molar-refractivity contribution in [2.24, 2.45) is 0 Å². The number of carbonyl (C=O) groups is 1. The maximum absolute atomic E-state index is 13.0. The maximum atomic E-state index is 13.0. The average Bonchev–Trinajstić information content (AvgIpc) is 3.15. The molecule has 31 heavy (non-hydrogen) atoms. The summed E-state index contributed by atoms with van der Waals surface area (Å²) in [6.45, 7) is 11.8. The summed E-state index contributed by atoms with van der Waals surface area (Å²) in [6.07, 6.45) is 0. The number of nitrogens with one attached hydrogen (secondary N) is 1. The first-order valence-electron chi connectivity index (χ1n) is 10.9. The summed E-state index contributed by atoms with van der Waals surface area (Å²) in [5.74, 6) is 0.0521. The summed E-state index contributed by atoms with van der Waals surface area (Å²) >= 11 is 0. The number of piperazine rings is 1. The molecule has 164 valence electrons. The molecule has 1 fully saturated rings. The third kappa shape index (κ3) is 4.94. The van der Waals surface area contributed by atoms with Crippen LogP contribution in [0, 0.1) is 6.92 Å². The van der Waals surface area contributed by atoms with Crippen molar-refractivity contribution < 1.29 is 9.32 Å². The Balaban J connectivity index is 1.41. The van der Waals surface area contributed by atoms with Crippen LogP contribution in [0.2, 0.25) is 0 Å². The molecule has 4 rings (SSSR count). The van der Waals surface area contributed by atoms with Crippen LogP contribution in [-0.2, 0) is 13.1 Å². The Hall–Kier alpha value is -2.77. The van der Waals surface area contributed by atoms with Crippen LogP contribution in [0.1, 0.15) is 52.6 Å². The molecule has 1 aromatic carbocycles. The predicted octanol–water partition coefficient (Wildman–Crippen LogP) is 3.33. The quantitative estimate of drug-likeness (QED) is 0.658. The molecule has 2 aromatic heterocycles. The highest BCUT2D eigenvalue weighted by atomic mass is 16.5. The van der Waals surface area contributed by atoms with Gasteiger partial charge < -0.3 is 14.7 Å². The fourth-order valence-corrected chi connectivity index (χ4v) is 3.89. The lowest BCUT2D eigenvalue weighted by Gasteiger charge is -2.32. The van der Waals surface area contributed by atoms with Gasteiger partial charge in [-0.25, -0.2) is 4.98 Å². The number of hydrogen-bond donors (Lipinski definition) is 1. The van der Waals surface area contributed by atoms with Gasteiger partial charge in [0.1, 0.15) is 0 Å². The number of nitrogens with zero attached hydrogens (tertiary/aromatic N) is 4. The molecule has 0 saturated carbocycles. The van der Waals surface area contributed by atoms with E-state index in [1.807, 2.05) is 26.8 Å². The fraction of sp³-hybridized carbons (Fsp3) is 0.458. The van der Waals surface area contributed by atoms with Gasteiger partial charge in [0.15, 0.2) is 0 Å². The molecule has 1 amide bonds. The number of fused-ring (bicyclic) bond motifs is 1. The molecule has 0 bridgehead atoms. The highest BCUT2D eigenvalue weighted by Gasteiger charge is 2.19. The topological polar surface area (TPSA) is 74.5 Å². The number of hydrogen-bond acceptors (Lipinski definition) is 6. The molecular formula is C24H31N5O2. The molecule has 7 heteroatoms. The van der Waals surface area contributed by atoms with E-state index in [9.17, 15) is 4.79 Å². The molecule has 1 aliphatic rings. The average molecular weight is 422 g/mol. The number of carbonyl (C=O) groups excluding carboxylic acids is 1. The Morgan fingerprint density at radius 3 is 2.48 bits per heavy atom. The minimum Gasteiger partial charge on any atom is -0.348 e. The first-order valence-corrected chi connectivity index (χ1v) is 10.9. The summed E-state index contributed by atoms with van der Waals surface area (Å²) in [7, 11) is 2.17. The molecule has 0 spiro atoms. The monoisotopic (exact) mass is 421 g/mol. The van der Waals surface area contributed by atoms with Crippen LogP contribution < -0.4 is 5.32 Å². The summed E-state index contributed by atoms with van der Waals surface area (Å²) in [4.78, 5) is 22.3. The third-order valence-corrected chi connectivity index (χ3v) is 5.95. The van der Waals surface area contributed by atoms with Crippen molar-refractivity contribution in [3.63, 3.8) is 0 Å². The largest absolute Gasteiger partial charge is 0.348 e. The van der Waals surface area contributed by atoms with Crippen LogP contribution in [0.25, 0.3) is 11.1 Å². The lowest BCUT2D eigenvalue weighted by molar-refractivity contribution is 0.0952. The van der Waals surface area contributed by atoms with E-state index in [1.54, 1.807) is 0 Å². The number of rotatable bonds is 6. The highest BCUT2D eigenvalue weighted by Crippen LogP contribution is 2.25. The van der Waals surface area contributed by atoms with Crippen molar-refractivity contribution in [3.05, 3.63) is 58.4 Å². The van der Waals surface area contributed by atoms with Gasteiger partial charge in [-0.15, -0.1) is 0 Å². The van der Waals surface area contributed by atoms with Crippen LogP contribution in [0.15, 0.2) is 34.9 Å². The lowest BCUT2D eigenvalue weighted by Crippen LogP contribution is -2.43. The van der Waals surface area contributed by atoms with Crippen molar-refractivity contribution in [3.8, 4) is 0 Å². The van der Waals surface area contributed by atoms with E-state index >= 15 is 0 Å². The van der Waals surface area contributed by atoms with E-state index in [1.165, 1.54) is 5.56 Å². The minimum absolute atomic E-state index is 0.137. The molecule has 0 unspecified atom stereocenters. The second kappa shape index (κ2) is 9.16. The standard InChI is InChI=1S/C24H31N5O2/c1-16(2)21-13-20(22-17(3)27-31-24(22)26-21)23(30)25-14-18-5-7-19(8-6-18)15-29-11-9-28(4)10-12-29/h5-8,13,16H,9-12,14-15H2,1-4H3,(H,25,30). The molecule has 0 radical (unpaired) electrons. The van der Waals surface area contributed by atoms with E-state index in [-0.39, 0.29) is 11.8 Å².